The minimum Gasteiger partial charge on any atom is -0.245 e. The van der Waals surface area contributed by atoms with Crippen LogP contribution in [-0.4, -0.2) is 13.1 Å². The highest BCUT2D eigenvalue weighted by Crippen LogP contribution is 2.27. The molecule has 0 radical (unpaired) electrons. The first kappa shape index (κ1) is 12.9. The minimum absolute atomic E-state index is 1.08. The summed E-state index contributed by atoms with van der Waals surface area (Å²) in [5.74, 6) is 0. The van der Waals surface area contributed by atoms with Crippen LogP contribution in [0.1, 0.15) is 5.56 Å². The van der Waals surface area contributed by atoms with E-state index < -0.39 is 8.07 Å². The SMILES string of the molecule is Cc1ccc(-c2nc([Si](C)(C)C)c(S)s2)cc1. The number of rotatable bonds is 2. The third kappa shape index (κ3) is 2.81. The van der Waals surface area contributed by atoms with Crippen LogP contribution in [0.4, 0.5) is 0 Å². The van der Waals surface area contributed by atoms with Gasteiger partial charge in [-0.1, -0.05) is 49.5 Å². The van der Waals surface area contributed by atoms with Crippen molar-refractivity contribution in [2.75, 3.05) is 0 Å². The van der Waals surface area contributed by atoms with E-state index in [2.05, 4.69) is 63.5 Å². The second-order valence-corrected chi connectivity index (χ2v) is 12.0. The summed E-state index contributed by atoms with van der Waals surface area (Å²) in [6, 6.07) is 8.52. The molecule has 0 saturated heterocycles. The maximum absolute atomic E-state index is 4.78. The molecule has 0 aliphatic carbocycles. The molecule has 4 heteroatoms. The van der Waals surface area contributed by atoms with Gasteiger partial charge in [-0.25, -0.2) is 4.98 Å². The first-order chi connectivity index (χ1) is 7.88. The van der Waals surface area contributed by atoms with Crippen molar-refractivity contribution < 1.29 is 0 Å². The Morgan fingerprint density at radius 3 is 2.18 bits per heavy atom. The molecule has 2 rings (SSSR count). The maximum atomic E-state index is 4.78. The van der Waals surface area contributed by atoms with Gasteiger partial charge in [0, 0.05) is 10.9 Å². The largest absolute Gasteiger partial charge is 0.245 e. The van der Waals surface area contributed by atoms with E-state index in [0.717, 1.165) is 9.22 Å². The molecule has 0 aliphatic heterocycles. The maximum Gasteiger partial charge on any atom is 0.124 e. The third-order valence-electron chi connectivity index (χ3n) is 2.62. The Morgan fingerprint density at radius 1 is 1.12 bits per heavy atom. The van der Waals surface area contributed by atoms with Gasteiger partial charge in [-0.2, -0.15) is 0 Å². The summed E-state index contributed by atoms with van der Waals surface area (Å²) < 4.78 is 1.08. The number of thiol groups is 1. The number of hydrogen-bond donors (Lipinski definition) is 1. The van der Waals surface area contributed by atoms with Crippen molar-refractivity contribution in [1.29, 1.82) is 0 Å². The van der Waals surface area contributed by atoms with E-state index in [1.807, 2.05) is 0 Å². The molecule has 0 unspecified atom stereocenters. The van der Waals surface area contributed by atoms with Crippen molar-refractivity contribution in [1.82, 2.24) is 4.98 Å². The molecule has 2 aromatic rings. The monoisotopic (exact) mass is 279 g/mol. The van der Waals surface area contributed by atoms with Crippen LogP contribution in [0.5, 0.6) is 0 Å². The summed E-state index contributed by atoms with van der Waals surface area (Å²) in [6.07, 6.45) is 0. The number of nitrogens with zero attached hydrogens (tertiary/aromatic N) is 1. The highest BCUT2D eigenvalue weighted by molar-refractivity contribution is 7.83. The Bertz CT molecular complexity index is 523. The summed E-state index contributed by atoms with van der Waals surface area (Å²) in [4.78, 5) is 4.78. The fourth-order valence-corrected chi connectivity index (χ4v) is 5.89. The zero-order valence-electron chi connectivity index (χ0n) is 10.6. The summed E-state index contributed by atoms with van der Waals surface area (Å²) in [5, 5.41) is 2.31. The van der Waals surface area contributed by atoms with E-state index in [1.165, 1.54) is 16.4 Å². The van der Waals surface area contributed by atoms with Gasteiger partial charge in [-0.15, -0.1) is 24.0 Å². The number of benzene rings is 1. The van der Waals surface area contributed by atoms with Gasteiger partial charge in [-0.3, -0.25) is 0 Å². The normalized spacial score (nSPS) is 11.8. The van der Waals surface area contributed by atoms with Crippen LogP contribution in [-0.2, 0) is 0 Å². The average Bonchev–Trinajstić information content (AvgIpc) is 2.61. The Kier molecular flexibility index (Phi) is 3.47. The molecule has 0 atom stereocenters. The zero-order chi connectivity index (χ0) is 12.6. The van der Waals surface area contributed by atoms with E-state index in [0.29, 0.717) is 0 Å². The predicted octanol–water partition coefficient (Wildman–Crippen LogP) is 3.95. The van der Waals surface area contributed by atoms with Crippen LogP contribution in [0.15, 0.2) is 28.5 Å². The van der Waals surface area contributed by atoms with Crippen molar-refractivity contribution in [3.63, 3.8) is 0 Å². The van der Waals surface area contributed by atoms with Gasteiger partial charge in [-0.05, 0) is 6.92 Å². The van der Waals surface area contributed by atoms with Crippen LogP contribution in [0, 0.1) is 6.92 Å². The second-order valence-electron chi connectivity index (χ2n) is 5.29. The van der Waals surface area contributed by atoms with Gasteiger partial charge in [0.2, 0.25) is 0 Å². The van der Waals surface area contributed by atoms with Crippen molar-refractivity contribution in [2.45, 2.75) is 30.8 Å². The van der Waals surface area contributed by atoms with Crippen LogP contribution in [0.25, 0.3) is 10.6 Å². The Balaban J connectivity index is 2.45. The topological polar surface area (TPSA) is 12.9 Å². The van der Waals surface area contributed by atoms with Crippen LogP contribution in [0.2, 0.25) is 19.6 Å². The van der Waals surface area contributed by atoms with Gasteiger partial charge in [0.1, 0.15) is 13.1 Å². The summed E-state index contributed by atoms with van der Waals surface area (Å²) in [7, 11) is -1.38. The van der Waals surface area contributed by atoms with E-state index in [4.69, 9.17) is 4.98 Å². The van der Waals surface area contributed by atoms with Gasteiger partial charge >= 0.3 is 0 Å². The Hall–Kier alpha value is -0.583. The van der Waals surface area contributed by atoms with E-state index in [1.54, 1.807) is 11.3 Å². The molecule has 0 fully saturated rings. The highest BCUT2D eigenvalue weighted by atomic mass is 32.2. The second kappa shape index (κ2) is 4.59. The molecule has 1 aromatic heterocycles. The van der Waals surface area contributed by atoms with Gasteiger partial charge in [0.25, 0.3) is 0 Å². The quantitative estimate of drug-likeness (QED) is 0.649. The summed E-state index contributed by atoms with van der Waals surface area (Å²) in [6.45, 7) is 9.02. The summed E-state index contributed by atoms with van der Waals surface area (Å²) in [5.41, 5.74) is 2.47. The van der Waals surface area contributed by atoms with E-state index in [-0.39, 0.29) is 0 Å². The van der Waals surface area contributed by atoms with Crippen molar-refractivity contribution in [2.24, 2.45) is 0 Å². The third-order valence-corrected chi connectivity index (χ3v) is 6.19. The highest BCUT2D eigenvalue weighted by Gasteiger charge is 2.24. The van der Waals surface area contributed by atoms with Gasteiger partial charge in [0.15, 0.2) is 0 Å². The van der Waals surface area contributed by atoms with Crippen molar-refractivity contribution in [3.8, 4) is 10.6 Å². The van der Waals surface area contributed by atoms with Crippen LogP contribution >= 0.6 is 24.0 Å². The lowest BCUT2D eigenvalue weighted by atomic mass is 10.2. The molecule has 1 heterocycles. The van der Waals surface area contributed by atoms with Crippen LogP contribution < -0.4 is 5.32 Å². The van der Waals surface area contributed by atoms with Crippen molar-refractivity contribution in [3.05, 3.63) is 29.8 Å². The van der Waals surface area contributed by atoms with Gasteiger partial charge in [0.05, 0.1) is 4.21 Å². The predicted molar refractivity (Wildman–Crippen MR) is 82.5 cm³/mol. The van der Waals surface area contributed by atoms with Crippen molar-refractivity contribution >= 4 is 37.4 Å². The first-order valence-electron chi connectivity index (χ1n) is 5.65. The molecule has 0 bridgehead atoms. The fraction of sp³-hybridized carbons (Fsp3) is 0.308. The lowest BCUT2D eigenvalue weighted by Crippen LogP contribution is -2.39. The molecular weight excluding hydrogens is 262 g/mol. The molecule has 0 aliphatic rings. The standard InChI is InChI=1S/C13H17NS2Si/c1-9-5-7-10(8-6-9)11-14-12(13(15)16-11)17(2,3)4/h5-8,15H,1-4H3. The van der Waals surface area contributed by atoms with E-state index >= 15 is 0 Å². The lowest BCUT2D eigenvalue weighted by Gasteiger charge is -2.12. The molecule has 1 aromatic carbocycles. The fourth-order valence-electron chi connectivity index (χ4n) is 1.62. The number of hydrogen-bond acceptors (Lipinski definition) is 3. The molecule has 90 valence electrons. The summed E-state index contributed by atoms with van der Waals surface area (Å²) >= 11 is 6.26. The van der Waals surface area contributed by atoms with E-state index in [9.17, 15) is 0 Å². The molecular formula is C13H17NS2Si. The number of aryl methyl sites for hydroxylation is 1. The zero-order valence-corrected chi connectivity index (χ0v) is 13.3. The number of aromatic nitrogens is 1. The molecule has 0 N–H and O–H groups in total. The molecule has 1 nitrogen and oxygen atoms in total. The molecule has 0 amide bonds. The molecule has 17 heavy (non-hydrogen) atoms. The number of thiazole rings is 1. The molecule has 0 saturated carbocycles. The lowest BCUT2D eigenvalue weighted by molar-refractivity contribution is 1.40. The van der Waals surface area contributed by atoms with Crippen LogP contribution in [0.3, 0.4) is 0 Å². The average molecular weight is 280 g/mol. The van der Waals surface area contributed by atoms with Gasteiger partial charge < -0.3 is 0 Å². The Labute approximate surface area is 113 Å². The minimum atomic E-state index is -1.38. The first-order valence-corrected chi connectivity index (χ1v) is 10.4. The Morgan fingerprint density at radius 2 is 1.71 bits per heavy atom. The smallest absolute Gasteiger partial charge is 0.124 e. The molecule has 0 spiro atoms.